The first-order chi connectivity index (χ1) is 14.7. The largest absolute Gasteiger partial charge is 0.392 e. The maximum Gasteiger partial charge on any atom is 0.315 e. The van der Waals surface area contributed by atoms with Crippen molar-refractivity contribution < 1.29 is 14.7 Å². The van der Waals surface area contributed by atoms with Gasteiger partial charge in [0.1, 0.15) is 4.67 Å². The fraction of sp³-hybridized carbons (Fsp3) is 0.792. The Labute approximate surface area is 196 Å². The number of aromatic nitrogens is 1. The standard InChI is InChI=1S/C24H42N4O3S/c1-9-10-11-17-15-28(22(3,4)5)32-19(17)27-20(30)24(8)13-12-18(23(24,6)7)26-21(31)25-14-16(2)29/h15-16,18,29H,9-14H2,1-8H3,(H2,25,26,31)/b27-19-/t16-,18-,24-/m0/s1. The molecule has 3 amide bonds. The molecule has 0 bridgehead atoms. The molecule has 1 aliphatic carbocycles. The minimum Gasteiger partial charge on any atom is -0.392 e. The lowest BCUT2D eigenvalue weighted by molar-refractivity contribution is -0.131. The van der Waals surface area contributed by atoms with Crippen LogP contribution in [0, 0.1) is 10.8 Å². The van der Waals surface area contributed by atoms with Gasteiger partial charge in [-0.2, -0.15) is 0 Å². The van der Waals surface area contributed by atoms with Crippen LogP contribution in [0.4, 0.5) is 4.79 Å². The van der Waals surface area contributed by atoms with Crippen LogP contribution in [0.2, 0.25) is 0 Å². The summed E-state index contributed by atoms with van der Waals surface area (Å²) in [5.74, 6) is -0.114. The highest BCUT2D eigenvalue weighted by molar-refractivity contribution is 7.04. The summed E-state index contributed by atoms with van der Waals surface area (Å²) in [7, 11) is 0. The molecule has 1 aromatic rings. The summed E-state index contributed by atoms with van der Waals surface area (Å²) in [5.41, 5.74) is -0.0654. The van der Waals surface area contributed by atoms with Crippen molar-refractivity contribution in [3.05, 3.63) is 16.4 Å². The second kappa shape index (κ2) is 10.1. The summed E-state index contributed by atoms with van der Waals surface area (Å²) in [6, 6.07) is -0.466. The number of nitrogens with one attached hydrogen (secondary N) is 2. The molecule has 3 atom stereocenters. The van der Waals surface area contributed by atoms with E-state index in [1.54, 1.807) is 18.5 Å². The molecule has 2 rings (SSSR count). The number of aryl methyl sites for hydroxylation is 1. The van der Waals surface area contributed by atoms with Crippen molar-refractivity contribution in [2.24, 2.45) is 15.8 Å². The Kier molecular flexibility index (Phi) is 8.37. The fourth-order valence-electron chi connectivity index (χ4n) is 4.14. The summed E-state index contributed by atoms with van der Waals surface area (Å²) < 4.78 is 2.99. The van der Waals surface area contributed by atoms with Crippen molar-refractivity contribution in [2.75, 3.05) is 6.54 Å². The number of unbranched alkanes of at least 4 members (excludes halogenated alkanes) is 1. The van der Waals surface area contributed by atoms with Crippen LogP contribution in [0.3, 0.4) is 0 Å². The second-order valence-electron chi connectivity index (χ2n) is 10.9. The smallest absolute Gasteiger partial charge is 0.315 e. The second-order valence-corrected chi connectivity index (χ2v) is 11.9. The molecular formula is C24H42N4O3S. The summed E-state index contributed by atoms with van der Waals surface area (Å²) in [4.78, 5) is 30.5. The normalized spacial score (nSPS) is 24.4. The summed E-state index contributed by atoms with van der Waals surface area (Å²) in [6.45, 7) is 16.5. The summed E-state index contributed by atoms with van der Waals surface area (Å²) in [5, 5.41) is 15.1. The molecule has 1 heterocycles. The maximum atomic E-state index is 13.6. The summed E-state index contributed by atoms with van der Waals surface area (Å²) >= 11 is 1.55. The predicted octanol–water partition coefficient (Wildman–Crippen LogP) is 3.95. The van der Waals surface area contributed by atoms with E-state index in [0.29, 0.717) is 12.8 Å². The Bertz CT molecular complexity index is 879. The molecule has 0 saturated heterocycles. The Morgan fingerprint density at radius 2 is 2.00 bits per heavy atom. The van der Waals surface area contributed by atoms with Gasteiger partial charge in [-0.25, -0.2) is 9.79 Å². The van der Waals surface area contributed by atoms with E-state index in [0.717, 1.165) is 29.5 Å². The van der Waals surface area contributed by atoms with Gasteiger partial charge in [0.15, 0.2) is 0 Å². The number of carbonyl (C=O) groups is 2. The highest BCUT2D eigenvalue weighted by atomic mass is 32.1. The number of urea groups is 1. The van der Waals surface area contributed by atoms with E-state index in [-0.39, 0.29) is 30.1 Å². The number of hydrogen-bond acceptors (Lipinski definition) is 4. The monoisotopic (exact) mass is 466 g/mol. The highest BCUT2D eigenvalue weighted by Crippen LogP contribution is 2.53. The molecule has 1 aromatic heterocycles. The van der Waals surface area contributed by atoms with Gasteiger partial charge in [0.05, 0.1) is 11.5 Å². The van der Waals surface area contributed by atoms with Gasteiger partial charge in [0, 0.05) is 29.9 Å². The Morgan fingerprint density at radius 3 is 2.56 bits per heavy atom. The van der Waals surface area contributed by atoms with Crippen LogP contribution in [0.25, 0.3) is 0 Å². The topological polar surface area (TPSA) is 95.7 Å². The van der Waals surface area contributed by atoms with Crippen LogP contribution in [-0.2, 0) is 16.8 Å². The third kappa shape index (κ3) is 5.81. The molecule has 0 aliphatic heterocycles. The van der Waals surface area contributed by atoms with E-state index in [1.165, 1.54) is 0 Å². The van der Waals surface area contributed by atoms with Crippen LogP contribution >= 0.6 is 11.5 Å². The number of hydrogen-bond donors (Lipinski definition) is 3. The van der Waals surface area contributed by atoms with Gasteiger partial charge in [-0.1, -0.05) is 34.1 Å². The zero-order valence-electron chi connectivity index (χ0n) is 21.0. The molecule has 0 radical (unpaired) electrons. The van der Waals surface area contributed by atoms with E-state index in [4.69, 9.17) is 0 Å². The van der Waals surface area contributed by atoms with Crippen LogP contribution in [0.5, 0.6) is 0 Å². The number of carbonyl (C=O) groups excluding carboxylic acids is 2. The van der Waals surface area contributed by atoms with Gasteiger partial charge in [0.25, 0.3) is 5.91 Å². The van der Waals surface area contributed by atoms with E-state index < -0.39 is 16.9 Å². The van der Waals surface area contributed by atoms with Gasteiger partial charge < -0.3 is 15.7 Å². The molecule has 182 valence electrons. The first-order valence-electron chi connectivity index (χ1n) is 11.8. The van der Waals surface area contributed by atoms with E-state index >= 15 is 0 Å². The Hall–Kier alpha value is -1.67. The van der Waals surface area contributed by atoms with Gasteiger partial charge in [0.2, 0.25) is 0 Å². The molecule has 32 heavy (non-hydrogen) atoms. The molecule has 3 N–H and O–H groups in total. The number of aliphatic hydroxyl groups excluding tert-OH is 1. The lowest BCUT2D eigenvalue weighted by Crippen LogP contribution is -2.52. The van der Waals surface area contributed by atoms with Crippen molar-refractivity contribution in [3.8, 4) is 0 Å². The van der Waals surface area contributed by atoms with Crippen molar-refractivity contribution in [3.63, 3.8) is 0 Å². The molecule has 1 saturated carbocycles. The number of rotatable bonds is 7. The molecule has 0 aromatic carbocycles. The zero-order valence-corrected chi connectivity index (χ0v) is 21.9. The molecule has 7 nitrogen and oxygen atoms in total. The third-order valence-corrected chi connectivity index (χ3v) is 8.33. The van der Waals surface area contributed by atoms with Crippen molar-refractivity contribution in [1.29, 1.82) is 0 Å². The minimum absolute atomic E-state index is 0.0621. The molecule has 0 unspecified atom stereocenters. The van der Waals surface area contributed by atoms with E-state index in [9.17, 15) is 14.7 Å². The van der Waals surface area contributed by atoms with Gasteiger partial charge >= 0.3 is 6.03 Å². The SMILES string of the molecule is CCCCc1cn(C(C)(C)C)s/c1=N\C(=O)[C@]1(C)CC[C@H](NC(=O)NC[C@H](C)O)C1(C)C. The van der Waals surface area contributed by atoms with Crippen LogP contribution in [0.1, 0.15) is 86.6 Å². The van der Waals surface area contributed by atoms with Crippen molar-refractivity contribution >= 4 is 23.5 Å². The molecule has 0 spiro atoms. The van der Waals surface area contributed by atoms with Gasteiger partial charge in [-0.05, 0) is 70.3 Å². The van der Waals surface area contributed by atoms with Crippen molar-refractivity contribution in [2.45, 2.75) is 105 Å². The first-order valence-corrected chi connectivity index (χ1v) is 12.5. The van der Waals surface area contributed by atoms with Crippen LogP contribution in [0.15, 0.2) is 11.2 Å². The fourth-order valence-corrected chi connectivity index (χ4v) is 5.17. The first kappa shape index (κ1) is 26.6. The third-order valence-electron chi connectivity index (χ3n) is 6.96. The van der Waals surface area contributed by atoms with Gasteiger partial charge in [-0.15, -0.1) is 0 Å². The predicted molar refractivity (Wildman–Crippen MR) is 130 cm³/mol. The zero-order chi connectivity index (χ0) is 24.3. The average Bonchev–Trinajstić information content (AvgIpc) is 3.19. The average molecular weight is 467 g/mol. The maximum absolute atomic E-state index is 13.6. The number of nitrogens with zero attached hydrogens (tertiary/aromatic N) is 2. The van der Waals surface area contributed by atoms with Crippen molar-refractivity contribution in [1.82, 2.24) is 14.6 Å². The number of amides is 3. The summed E-state index contributed by atoms with van der Waals surface area (Å²) in [6.07, 6.45) is 5.98. The molecule has 8 heteroatoms. The van der Waals surface area contributed by atoms with Gasteiger partial charge in [-0.3, -0.25) is 8.75 Å². The molecule has 1 aliphatic rings. The Morgan fingerprint density at radius 1 is 1.34 bits per heavy atom. The Balaban J connectivity index is 2.29. The highest BCUT2D eigenvalue weighted by Gasteiger charge is 2.56. The minimum atomic E-state index is -0.673. The van der Waals surface area contributed by atoms with Crippen LogP contribution < -0.4 is 15.3 Å². The van der Waals surface area contributed by atoms with Crippen LogP contribution in [-0.4, -0.2) is 39.7 Å². The quantitative estimate of drug-likeness (QED) is 0.568. The van der Waals surface area contributed by atoms with E-state index in [2.05, 4.69) is 53.5 Å². The molecule has 1 fully saturated rings. The molecular weight excluding hydrogens is 424 g/mol. The van der Waals surface area contributed by atoms with E-state index in [1.807, 2.05) is 20.8 Å². The lowest BCUT2D eigenvalue weighted by Gasteiger charge is -2.39. The number of aliphatic hydroxyl groups is 1. The lowest BCUT2D eigenvalue weighted by atomic mass is 9.67.